The summed E-state index contributed by atoms with van der Waals surface area (Å²) < 4.78 is 0. The topological polar surface area (TPSA) is 0 Å². The van der Waals surface area contributed by atoms with E-state index in [1.54, 1.807) is 0 Å². The lowest BCUT2D eigenvalue weighted by atomic mass is 9.55. The number of rotatable bonds is 4. The second-order valence-electron chi connectivity index (χ2n) is 7.74. The molecular weight excluding hydrogens is 288 g/mol. The zero-order valence-electron chi connectivity index (χ0n) is 15.3. The Balaban J connectivity index is 2.31. The summed E-state index contributed by atoms with van der Waals surface area (Å²) in [6.07, 6.45) is 7.00. The first-order valence-corrected chi connectivity index (χ1v) is 9.01. The molecule has 1 aliphatic carbocycles. The lowest BCUT2D eigenvalue weighted by Gasteiger charge is -2.47. The van der Waals surface area contributed by atoms with E-state index in [1.807, 2.05) is 0 Å². The minimum Gasteiger partial charge on any atom is -0.0772 e. The fraction of sp³-hybridized carbons (Fsp3) is 0.333. The van der Waals surface area contributed by atoms with E-state index < -0.39 is 0 Å². The van der Waals surface area contributed by atoms with Gasteiger partial charge in [0.1, 0.15) is 0 Å². The van der Waals surface area contributed by atoms with Gasteiger partial charge in [0.15, 0.2) is 0 Å². The molecule has 0 radical (unpaired) electrons. The smallest absolute Gasteiger partial charge is 0.0465 e. The highest BCUT2D eigenvalue weighted by Gasteiger charge is 2.47. The quantitative estimate of drug-likeness (QED) is 0.589. The van der Waals surface area contributed by atoms with Crippen molar-refractivity contribution in [1.29, 1.82) is 0 Å². The summed E-state index contributed by atoms with van der Waals surface area (Å²) in [6.45, 7) is 9.36. The average Bonchev–Trinajstić information content (AvgIpc) is 3.05. The highest BCUT2D eigenvalue weighted by Crippen LogP contribution is 2.54. The molecular formula is C24H28. The minimum absolute atomic E-state index is 0.0680. The van der Waals surface area contributed by atoms with Crippen molar-refractivity contribution in [2.45, 2.75) is 46.0 Å². The number of benzene rings is 2. The van der Waals surface area contributed by atoms with Crippen molar-refractivity contribution in [2.75, 3.05) is 0 Å². The molecule has 0 spiro atoms. The number of allylic oxidation sites excluding steroid dienone is 4. The number of hydrogen-bond donors (Lipinski definition) is 0. The summed E-state index contributed by atoms with van der Waals surface area (Å²) in [4.78, 5) is 0. The highest BCUT2D eigenvalue weighted by atomic mass is 14.5. The third-order valence-corrected chi connectivity index (χ3v) is 5.37. The first-order valence-electron chi connectivity index (χ1n) is 9.01. The molecule has 0 saturated heterocycles. The molecule has 0 fully saturated rings. The fourth-order valence-corrected chi connectivity index (χ4v) is 4.35. The Morgan fingerprint density at radius 3 is 1.67 bits per heavy atom. The van der Waals surface area contributed by atoms with Gasteiger partial charge in [-0.05, 0) is 29.4 Å². The van der Waals surface area contributed by atoms with E-state index in [2.05, 4.69) is 101 Å². The van der Waals surface area contributed by atoms with Crippen LogP contribution in [-0.2, 0) is 5.41 Å². The van der Waals surface area contributed by atoms with E-state index in [9.17, 15) is 0 Å². The largest absolute Gasteiger partial charge is 0.0772 e. The molecule has 0 aromatic heterocycles. The SMILES string of the molecule is CCC1=CCC(C(c2ccccc2)(c2ccccc2)C(C)(C)C)=C1. The molecule has 0 heterocycles. The van der Waals surface area contributed by atoms with Crippen molar-refractivity contribution < 1.29 is 0 Å². The van der Waals surface area contributed by atoms with Crippen LogP contribution in [-0.4, -0.2) is 0 Å². The zero-order chi connectivity index (χ0) is 17.2. The van der Waals surface area contributed by atoms with E-state index in [0.29, 0.717) is 0 Å². The average molecular weight is 316 g/mol. The molecule has 124 valence electrons. The van der Waals surface area contributed by atoms with Crippen molar-refractivity contribution in [3.8, 4) is 0 Å². The molecule has 0 unspecified atom stereocenters. The van der Waals surface area contributed by atoms with E-state index >= 15 is 0 Å². The molecule has 0 N–H and O–H groups in total. The van der Waals surface area contributed by atoms with Crippen LogP contribution in [0.2, 0.25) is 0 Å². The Morgan fingerprint density at radius 2 is 1.29 bits per heavy atom. The van der Waals surface area contributed by atoms with Crippen LogP contribution in [0.5, 0.6) is 0 Å². The van der Waals surface area contributed by atoms with Crippen LogP contribution < -0.4 is 0 Å². The standard InChI is InChI=1S/C24H28/c1-5-19-16-17-22(18-19)24(23(2,3)4,20-12-8-6-9-13-20)21-14-10-7-11-15-21/h6-16,18H,5,17H2,1-4H3. The van der Waals surface area contributed by atoms with Gasteiger partial charge in [-0.3, -0.25) is 0 Å². The summed E-state index contributed by atoms with van der Waals surface area (Å²) in [5, 5.41) is 0. The van der Waals surface area contributed by atoms with Gasteiger partial charge in [0, 0.05) is 5.41 Å². The lowest BCUT2D eigenvalue weighted by molar-refractivity contribution is 0.265. The predicted molar refractivity (Wildman–Crippen MR) is 104 cm³/mol. The lowest BCUT2D eigenvalue weighted by Crippen LogP contribution is -2.42. The maximum Gasteiger partial charge on any atom is 0.0465 e. The summed E-state index contributed by atoms with van der Waals surface area (Å²) in [5.74, 6) is 0. The maximum absolute atomic E-state index is 2.45. The first kappa shape index (κ1) is 16.8. The van der Waals surface area contributed by atoms with Crippen molar-refractivity contribution in [3.63, 3.8) is 0 Å². The maximum atomic E-state index is 2.45. The molecule has 0 amide bonds. The van der Waals surface area contributed by atoms with Crippen molar-refractivity contribution in [1.82, 2.24) is 0 Å². The summed E-state index contributed by atoms with van der Waals surface area (Å²) in [6, 6.07) is 22.1. The van der Waals surface area contributed by atoms with E-state index in [1.165, 1.54) is 22.3 Å². The highest BCUT2D eigenvalue weighted by molar-refractivity contribution is 5.55. The third-order valence-electron chi connectivity index (χ3n) is 5.37. The van der Waals surface area contributed by atoms with Crippen LogP contribution in [0.15, 0.2) is 84.0 Å². The Kier molecular flexibility index (Phi) is 4.49. The van der Waals surface area contributed by atoms with Crippen LogP contribution in [0, 0.1) is 5.41 Å². The molecule has 2 aromatic carbocycles. The summed E-state index contributed by atoms with van der Waals surface area (Å²) >= 11 is 0. The van der Waals surface area contributed by atoms with Crippen LogP contribution in [0.3, 0.4) is 0 Å². The second kappa shape index (κ2) is 6.43. The van der Waals surface area contributed by atoms with E-state index in [-0.39, 0.29) is 10.8 Å². The normalized spacial score (nSPS) is 15.2. The molecule has 2 aromatic rings. The molecule has 24 heavy (non-hydrogen) atoms. The Labute approximate surface area is 146 Å². The van der Waals surface area contributed by atoms with Crippen molar-refractivity contribution >= 4 is 0 Å². The molecule has 3 rings (SSSR count). The van der Waals surface area contributed by atoms with Gasteiger partial charge in [-0.25, -0.2) is 0 Å². The van der Waals surface area contributed by atoms with Gasteiger partial charge >= 0.3 is 0 Å². The van der Waals surface area contributed by atoms with Gasteiger partial charge in [0.05, 0.1) is 0 Å². The molecule has 0 nitrogen and oxygen atoms in total. The van der Waals surface area contributed by atoms with Gasteiger partial charge in [-0.15, -0.1) is 0 Å². The summed E-state index contributed by atoms with van der Waals surface area (Å²) in [5.41, 5.74) is 5.72. The van der Waals surface area contributed by atoms with Crippen molar-refractivity contribution in [3.05, 3.63) is 95.1 Å². The third kappa shape index (κ3) is 2.65. The van der Waals surface area contributed by atoms with Crippen molar-refractivity contribution in [2.24, 2.45) is 5.41 Å². The molecule has 0 saturated carbocycles. The van der Waals surface area contributed by atoms with Gasteiger partial charge in [-0.1, -0.05) is 112 Å². The van der Waals surface area contributed by atoms with Crippen LogP contribution in [0.1, 0.15) is 51.7 Å². The van der Waals surface area contributed by atoms with Gasteiger partial charge in [0.2, 0.25) is 0 Å². The fourth-order valence-electron chi connectivity index (χ4n) is 4.35. The minimum atomic E-state index is -0.108. The molecule has 0 heteroatoms. The van der Waals surface area contributed by atoms with E-state index in [0.717, 1.165) is 12.8 Å². The molecule has 0 bridgehead atoms. The van der Waals surface area contributed by atoms with Gasteiger partial charge in [0.25, 0.3) is 0 Å². The van der Waals surface area contributed by atoms with E-state index in [4.69, 9.17) is 0 Å². The monoisotopic (exact) mass is 316 g/mol. The molecule has 0 aliphatic heterocycles. The first-order chi connectivity index (χ1) is 11.5. The Bertz CT molecular complexity index is 700. The Morgan fingerprint density at radius 1 is 0.792 bits per heavy atom. The summed E-state index contributed by atoms with van der Waals surface area (Å²) in [7, 11) is 0. The molecule has 0 atom stereocenters. The zero-order valence-corrected chi connectivity index (χ0v) is 15.3. The predicted octanol–water partition coefficient (Wildman–Crippen LogP) is 6.69. The molecule has 1 aliphatic rings. The second-order valence-corrected chi connectivity index (χ2v) is 7.74. The Hall–Kier alpha value is -2.08. The van der Waals surface area contributed by atoms with Crippen LogP contribution >= 0.6 is 0 Å². The van der Waals surface area contributed by atoms with Gasteiger partial charge in [-0.2, -0.15) is 0 Å². The van der Waals surface area contributed by atoms with Crippen LogP contribution in [0.25, 0.3) is 0 Å². The number of hydrogen-bond acceptors (Lipinski definition) is 0. The van der Waals surface area contributed by atoms with Gasteiger partial charge < -0.3 is 0 Å². The van der Waals surface area contributed by atoms with Crippen LogP contribution in [0.4, 0.5) is 0 Å².